The van der Waals surface area contributed by atoms with Crippen LogP contribution in [0.1, 0.15) is 106 Å². The van der Waals surface area contributed by atoms with Crippen LogP contribution in [-0.4, -0.2) is 116 Å². The molecule has 4 atom stereocenters. The van der Waals surface area contributed by atoms with Crippen molar-refractivity contribution in [3.63, 3.8) is 0 Å². The van der Waals surface area contributed by atoms with Crippen LogP contribution in [0.25, 0.3) is 0 Å². The quantitative estimate of drug-likeness (QED) is 0.0333. The van der Waals surface area contributed by atoms with E-state index in [1.807, 2.05) is 12.1 Å². The Kier molecular flexibility index (Phi) is 19.5. The smallest absolute Gasteiger partial charge is 0.329 e. The number of amides is 6. The molecule has 76 heavy (non-hydrogen) atoms. The zero-order chi connectivity index (χ0) is 54.8. The maximum absolute atomic E-state index is 13.9. The van der Waals surface area contributed by atoms with Gasteiger partial charge in [0.2, 0.25) is 11.8 Å². The lowest BCUT2D eigenvalue weighted by Gasteiger charge is -2.24. The van der Waals surface area contributed by atoms with Crippen LogP contribution in [-0.2, 0) is 54.3 Å². The van der Waals surface area contributed by atoms with Gasteiger partial charge in [0.1, 0.15) is 46.8 Å². The van der Waals surface area contributed by atoms with Gasteiger partial charge >= 0.3 is 11.9 Å². The van der Waals surface area contributed by atoms with E-state index in [1.54, 1.807) is 151 Å². The van der Waals surface area contributed by atoms with Gasteiger partial charge in [-0.15, -0.1) is 0 Å². The highest BCUT2D eigenvalue weighted by Crippen LogP contribution is 2.16. The first kappa shape index (κ1) is 56.4. The van der Waals surface area contributed by atoms with Crippen LogP contribution in [0.4, 0.5) is 0 Å². The summed E-state index contributed by atoms with van der Waals surface area (Å²) in [6.07, 6.45) is 2.55. The average Bonchev–Trinajstić information content (AvgIpc) is 4.09. The van der Waals surface area contributed by atoms with Crippen LogP contribution in [0.15, 0.2) is 134 Å². The molecule has 0 fully saturated rings. The number of hydrogen-bond acceptors (Lipinski definition) is 12. The summed E-state index contributed by atoms with van der Waals surface area (Å²) in [6.45, 7) is 10.00. The summed E-state index contributed by atoms with van der Waals surface area (Å²) in [4.78, 5) is 123. The Labute approximate surface area is 440 Å². The van der Waals surface area contributed by atoms with Gasteiger partial charge in [0.05, 0.1) is 12.7 Å². The molecule has 2 heterocycles. The number of aromatic amines is 2. The molecule has 0 radical (unpaired) electrons. The van der Waals surface area contributed by atoms with Gasteiger partial charge in [0.15, 0.2) is 11.4 Å². The minimum atomic E-state index is -1.19. The van der Waals surface area contributed by atoms with E-state index in [4.69, 9.17) is 9.47 Å². The molecule has 0 saturated carbocycles. The Bertz CT molecular complexity index is 2730. The number of H-pyrrole nitrogens is 2. The minimum Gasteiger partial charge on any atom is -0.458 e. The molecular weight excluding hydrogens is 973 g/mol. The number of aromatic nitrogens is 4. The van der Waals surface area contributed by atoms with Crippen molar-refractivity contribution in [3.8, 4) is 0 Å². The second kappa shape index (κ2) is 26.3. The molecule has 2 aromatic heterocycles. The first-order chi connectivity index (χ1) is 36.2. The Morgan fingerprint density at radius 1 is 0.421 bits per heavy atom. The fourth-order valence-corrected chi connectivity index (χ4v) is 7.76. The number of ether oxygens (including phenoxy) is 2. The first-order valence-electron chi connectivity index (χ1n) is 24.7. The highest BCUT2D eigenvalue weighted by molar-refractivity contribution is 6.07. The van der Waals surface area contributed by atoms with Crippen LogP contribution >= 0.6 is 0 Å². The second-order valence-corrected chi connectivity index (χ2v) is 19.8. The van der Waals surface area contributed by atoms with E-state index < -0.39 is 82.8 Å². The van der Waals surface area contributed by atoms with Crippen molar-refractivity contribution in [2.24, 2.45) is 0 Å². The minimum absolute atomic E-state index is 0.0334. The Morgan fingerprint density at radius 2 is 0.697 bits per heavy atom. The van der Waals surface area contributed by atoms with Gasteiger partial charge in [0, 0.05) is 38.8 Å². The molecular formula is C56H64N10O10. The summed E-state index contributed by atoms with van der Waals surface area (Å²) in [5.41, 5.74) is 0.0237. The molecule has 0 spiro atoms. The van der Waals surface area contributed by atoms with Crippen LogP contribution in [0.3, 0.4) is 0 Å². The van der Waals surface area contributed by atoms with Crippen molar-refractivity contribution >= 4 is 47.4 Å². The normalized spacial score (nSPS) is 12.9. The first-order valence-corrected chi connectivity index (χ1v) is 24.7. The maximum atomic E-state index is 13.9. The number of nitrogens with zero attached hydrogens (tertiary/aromatic N) is 2. The summed E-state index contributed by atoms with van der Waals surface area (Å²) in [5, 5.41) is 16.2. The second-order valence-electron chi connectivity index (χ2n) is 19.8. The third kappa shape index (κ3) is 17.3. The average molecular weight is 1040 g/mol. The topological polar surface area (TPSA) is 285 Å². The molecule has 8 N–H and O–H groups in total. The van der Waals surface area contributed by atoms with E-state index in [1.165, 1.54) is 0 Å². The van der Waals surface area contributed by atoms with Gasteiger partial charge in [0.25, 0.3) is 23.6 Å². The lowest BCUT2D eigenvalue weighted by molar-refractivity contribution is -0.158. The summed E-state index contributed by atoms with van der Waals surface area (Å²) in [5.74, 6) is -5.96. The highest BCUT2D eigenvalue weighted by Gasteiger charge is 2.33. The fraction of sp³-hybridized carbons (Fsp3) is 0.321. The van der Waals surface area contributed by atoms with Crippen LogP contribution < -0.4 is 31.9 Å². The molecule has 0 aliphatic carbocycles. The molecule has 20 heteroatoms. The Hall–Kier alpha value is -8.94. The summed E-state index contributed by atoms with van der Waals surface area (Å²) >= 11 is 0. The number of rotatable bonds is 23. The van der Waals surface area contributed by atoms with E-state index in [-0.39, 0.29) is 61.5 Å². The zero-order valence-corrected chi connectivity index (χ0v) is 43.2. The summed E-state index contributed by atoms with van der Waals surface area (Å²) in [7, 11) is 0. The van der Waals surface area contributed by atoms with Gasteiger partial charge in [-0.2, -0.15) is 0 Å². The number of nitrogens with one attached hydrogen (secondary N) is 8. The molecule has 6 aromatic rings. The van der Waals surface area contributed by atoms with Crippen molar-refractivity contribution in [2.45, 2.75) is 103 Å². The molecule has 6 amide bonds. The number of esters is 2. The highest BCUT2D eigenvalue weighted by atomic mass is 16.6. The number of carbonyl (C=O) groups excluding carboxylic acids is 8. The molecule has 0 bridgehead atoms. The van der Waals surface area contributed by atoms with Crippen molar-refractivity contribution in [1.82, 2.24) is 51.8 Å². The van der Waals surface area contributed by atoms with Crippen molar-refractivity contribution in [1.29, 1.82) is 0 Å². The molecule has 6 rings (SSSR count). The number of hydrogen-bond donors (Lipinski definition) is 8. The predicted octanol–water partition coefficient (Wildman–Crippen LogP) is 4.11. The monoisotopic (exact) mass is 1040 g/mol. The molecule has 20 nitrogen and oxygen atoms in total. The van der Waals surface area contributed by atoms with Gasteiger partial charge in [-0.25, -0.2) is 19.6 Å². The number of carbonyl (C=O) groups is 8. The zero-order valence-electron chi connectivity index (χ0n) is 43.2. The lowest BCUT2D eigenvalue weighted by atomic mass is 10.0. The van der Waals surface area contributed by atoms with E-state index in [9.17, 15) is 38.4 Å². The number of benzene rings is 4. The van der Waals surface area contributed by atoms with E-state index in [0.717, 1.165) is 23.8 Å². The van der Waals surface area contributed by atoms with Gasteiger partial charge < -0.3 is 51.3 Å². The SMILES string of the molecule is CC(C)(C)OC(=O)[C@H](Cc1ccccc1)NC(=O)c1nc[nH]c1C(=O)N[C@H](Cc1ccccc1)C(=O)NCCNC(=O)[C@@H](Cc1ccccc1)NC(=O)c1[nH]cnc1C(=O)N[C@@H](Cc1ccccc1)C(=O)OC(C)(C)C. The maximum Gasteiger partial charge on any atom is 0.329 e. The van der Waals surface area contributed by atoms with Gasteiger partial charge in [-0.3, -0.25) is 28.8 Å². The lowest BCUT2D eigenvalue weighted by Crippen LogP contribution is -2.52. The fourth-order valence-electron chi connectivity index (χ4n) is 7.76. The number of imidazole rings is 2. The molecule has 398 valence electrons. The third-order valence-corrected chi connectivity index (χ3v) is 11.3. The Balaban J connectivity index is 1.11. The standard InChI is InChI=1S/C56H64N10O10/c1-55(2,3)75-53(73)41(31-37-23-15-9-16-24-37)65-51(71)45-43(59-33-61-45)49(69)63-39(29-35-19-11-7-12-20-35)47(67)57-27-28-58-48(68)40(30-36-21-13-8-14-22-36)64-50(70)44-46(62-34-60-44)52(72)66-42(54(74)76-56(4,5)6)32-38-25-17-10-18-26-38/h7-26,33-34,39-42H,27-32H2,1-6H3,(H,57,67)(H,58,68)(H,59,61)(H,60,62)(H,63,69)(H,64,70)(H,65,71)(H,66,72)/t39-,40-,41+,42+/m1/s1. The Morgan fingerprint density at radius 3 is 0.987 bits per heavy atom. The predicted molar refractivity (Wildman–Crippen MR) is 280 cm³/mol. The van der Waals surface area contributed by atoms with Crippen LogP contribution in [0.5, 0.6) is 0 Å². The third-order valence-electron chi connectivity index (χ3n) is 11.3. The summed E-state index contributed by atoms with van der Waals surface area (Å²) in [6, 6.07) is 31.2. The van der Waals surface area contributed by atoms with Crippen molar-refractivity contribution in [2.75, 3.05) is 13.1 Å². The van der Waals surface area contributed by atoms with Gasteiger partial charge in [-0.05, 0) is 63.8 Å². The largest absolute Gasteiger partial charge is 0.458 e. The molecule has 0 aliphatic rings. The van der Waals surface area contributed by atoms with Crippen molar-refractivity contribution < 1.29 is 47.8 Å². The van der Waals surface area contributed by atoms with Crippen LogP contribution in [0.2, 0.25) is 0 Å². The molecule has 4 aromatic carbocycles. The van der Waals surface area contributed by atoms with E-state index >= 15 is 0 Å². The van der Waals surface area contributed by atoms with E-state index in [0.29, 0.717) is 11.1 Å². The molecule has 0 unspecified atom stereocenters. The van der Waals surface area contributed by atoms with E-state index in [2.05, 4.69) is 51.8 Å². The van der Waals surface area contributed by atoms with Gasteiger partial charge in [-0.1, -0.05) is 121 Å². The molecule has 0 aliphatic heterocycles. The van der Waals surface area contributed by atoms with Crippen LogP contribution in [0, 0.1) is 0 Å². The van der Waals surface area contributed by atoms with Crippen molar-refractivity contribution in [3.05, 3.63) is 179 Å². The summed E-state index contributed by atoms with van der Waals surface area (Å²) < 4.78 is 11.2. The molecule has 0 saturated heterocycles.